The van der Waals surface area contributed by atoms with Gasteiger partial charge in [-0.1, -0.05) is 24.3 Å². The normalized spacial score (nSPS) is 11.1. The van der Waals surface area contributed by atoms with E-state index in [1.54, 1.807) is 0 Å². The molecule has 0 radical (unpaired) electrons. The van der Waals surface area contributed by atoms with Crippen molar-refractivity contribution in [2.75, 3.05) is 0 Å². The van der Waals surface area contributed by atoms with Crippen molar-refractivity contribution in [3.63, 3.8) is 0 Å². The predicted molar refractivity (Wildman–Crippen MR) is 83.1 cm³/mol. The van der Waals surface area contributed by atoms with Crippen LogP contribution in [0.3, 0.4) is 0 Å². The molecule has 0 saturated heterocycles. The molecule has 0 fully saturated rings. The Labute approximate surface area is 125 Å². The van der Waals surface area contributed by atoms with Crippen LogP contribution in [0, 0.1) is 6.92 Å². The fourth-order valence-electron chi connectivity index (χ4n) is 2.24. The third-order valence-electron chi connectivity index (χ3n) is 3.16. The summed E-state index contributed by atoms with van der Waals surface area (Å²) in [4.78, 5) is 4.59. The number of nitrogens with zero attached hydrogens (tertiary/aromatic N) is 2. The number of alkyl halides is 1. The largest absolute Gasteiger partial charge is 0.294 e. The van der Waals surface area contributed by atoms with Gasteiger partial charge in [0.05, 0.1) is 22.6 Å². The molecule has 19 heavy (non-hydrogen) atoms. The Morgan fingerprint density at radius 1 is 1.16 bits per heavy atom. The molecule has 4 heteroatoms. The number of benzene rings is 2. The van der Waals surface area contributed by atoms with Gasteiger partial charge in [-0.25, -0.2) is 4.98 Å². The average molecular weight is 336 g/mol. The van der Waals surface area contributed by atoms with Crippen LogP contribution >= 0.6 is 27.5 Å². The minimum atomic E-state index is 0.384. The van der Waals surface area contributed by atoms with E-state index < -0.39 is 0 Å². The van der Waals surface area contributed by atoms with Gasteiger partial charge >= 0.3 is 0 Å². The summed E-state index contributed by atoms with van der Waals surface area (Å²) in [5.74, 6) is 1.24. The molecule has 0 unspecified atom stereocenters. The van der Waals surface area contributed by atoms with Crippen molar-refractivity contribution < 1.29 is 0 Å². The Bertz CT molecular complexity index is 749. The number of hydrogen-bond donors (Lipinski definition) is 0. The molecule has 0 aliphatic rings. The van der Waals surface area contributed by atoms with Crippen LogP contribution in [-0.4, -0.2) is 9.55 Å². The van der Waals surface area contributed by atoms with Crippen molar-refractivity contribution in [1.29, 1.82) is 0 Å². The first-order valence-electron chi connectivity index (χ1n) is 6.00. The van der Waals surface area contributed by atoms with Gasteiger partial charge in [0.1, 0.15) is 5.82 Å². The van der Waals surface area contributed by atoms with Gasteiger partial charge in [0, 0.05) is 4.47 Å². The maximum atomic E-state index is 6.05. The second-order valence-corrected chi connectivity index (χ2v) is 5.45. The third-order valence-corrected chi connectivity index (χ3v) is 4.43. The van der Waals surface area contributed by atoms with Crippen molar-refractivity contribution in [1.82, 2.24) is 9.55 Å². The predicted octanol–water partition coefficient (Wildman–Crippen LogP) is 4.84. The molecule has 3 aromatic rings. The zero-order valence-corrected chi connectivity index (χ0v) is 12.7. The van der Waals surface area contributed by atoms with Crippen molar-refractivity contribution >= 4 is 38.6 Å². The Kier molecular flexibility index (Phi) is 3.33. The van der Waals surface area contributed by atoms with Crippen LogP contribution in [0.1, 0.15) is 11.4 Å². The number of aryl methyl sites for hydroxylation is 1. The van der Waals surface area contributed by atoms with E-state index >= 15 is 0 Å². The van der Waals surface area contributed by atoms with E-state index in [9.17, 15) is 0 Å². The molecular weight excluding hydrogens is 324 g/mol. The van der Waals surface area contributed by atoms with Gasteiger partial charge in [-0.2, -0.15) is 0 Å². The van der Waals surface area contributed by atoms with Crippen molar-refractivity contribution in [3.05, 3.63) is 58.3 Å². The molecule has 0 saturated carbocycles. The van der Waals surface area contributed by atoms with Gasteiger partial charge in [-0.15, -0.1) is 11.6 Å². The molecule has 3 rings (SSSR count). The summed E-state index contributed by atoms with van der Waals surface area (Å²) < 4.78 is 3.18. The molecule has 0 aliphatic heterocycles. The highest BCUT2D eigenvalue weighted by atomic mass is 79.9. The molecule has 1 heterocycles. The standard InChI is InChI=1S/C15H12BrClN2/c1-10-5-4-8-13(15(10)16)19-12-7-3-2-6-11(12)18-14(19)9-17/h2-8H,9H2,1H3. The summed E-state index contributed by atoms with van der Waals surface area (Å²) in [6.45, 7) is 2.08. The van der Waals surface area contributed by atoms with Gasteiger partial charge in [0.15, 0.2) is 0 Å². The lowest BCUT2D eigenvalue weighted by Gasteiger charge is -2.11. The lowest BCUT2D eigenvalue weighted by atomic mass is 10.2. The molecule has 0 bridgehead atoms. The molecule has 0 aliphatic carbocycles. The molecular formula is C15H12BrClN2. The van der Waals surface area contributed by atoms with Crippen molar-refractivity contribution in [2.45, 2.75) is 12.8 Å². The Balaban J connectivity index is 2.38. The molecule has 1 aromatic heterocycles. The van der Waals surface area contributed by atoms with Crippen molar-refractivity contribution in [3.8, 4) is 5.69 Å². The number of hydrogen-bond acceptors (Lipinski definition) is 1. The van der Waals surface area contributed by atoms with Gasteiger partial charge in [0.2, 0.25) is 0 Å². The van der Waals surface area contributed by atoms with Crippen LogP contribution in [0.25, 0.3) is 16.7 Å². The third kappa shape index (κ3) is 2.07. The summed E-state index contributed by atoms with van der Waals surface area (Å²) in [5, 5.41) is 0. The fourth-order valence-corrected chi connectivity index (χ4v) is 2.86. The van der Waals surface area contributed by atoms with E-state index in [2.05, 4.69) is 50.6 Å². The number of para-hydroxylation sites is 2. The van der Waals surface area contributed by atoms with E-state index in [-0.39, 0.29) is 0 Å². The van der Waals surface area contributed by atoms with E-state index in [1.807, 2.05) is 24.3 Å². The highest BCUT2D eigenvalue weighted by molar-refractivity contribution is 9.10. The van der Waals surface area contributed by atoms with Crippen LogP contribution in [0.15, 0.2) is 46.9 Å². The topological polar surface area (TPSA) is 17.8 Å². The Hall–Kier alpha value is -1.32. The van der Waals surface area contributed by atoms with Gasteiger partial charge < -0.3 is 0 Å². The molecule has 2 aromatic carbocycles. The maximum absolute atomic E-state index is 6.05. The van der Waals surface area contributed by atoms with Crippen LogP contribution in [0.2, 0.25) is 0 Å². The molecule has 0 spiro atoms. The fraction of sp³-hybridized carbons (Fsp3) is 0.133. The van der Waals surface area contributed by atoms with Crippen LogP contribution in [0.5, 0.6) is 0 Å². The average Bonchev–Trinajstić information content (AvgIpc) is 2.80. The van der Waals surface area contributed by atoms with E-state index in [0.29, 0.717) is 5.88 Å². The second kappa shape index (κ2) is 4.99. The molecule has 0 N–H and O–H groups in total. The minimum Gasteiger partial charge on any atom is -0.294 e. The molecule has 2 nitrogen and oxygen atoms in total. The second-order valence-electron chi connectivity index (χ2n) is 4.39. The van der Waals surface area contributed by atoms with E-state index in [4.69, 9.17) is 11.6 Å². The summed E-state index contributed by atoms with van der Waals surface area (Å²) in [7, 11) is 0. The number of rotatable bonds is 2. The summed E-state index contributed by atoms with van der Waals surface area (Å²) >= 11 is 9.71. The van der Waals surface area contributed by atoms with Gasteiger partial charge in [0.25, 0.3) is 0 Å². The summed E-state index contributed by atoms with van der Waals surface area (Å²) in [5.41, 5.74) is 4.30. The van der Waals surface area contributed by atoms with Crippen LogP contribution in [-0.2, 0) is 5.88 Å². The van der Waals surface area contributed by atoms with Crippen LogP contribution < -0.4 is 0 Å². The summed E-state index contributed by atoms with van der Waals surface area (Å²) in [6.07, 6.45) is 0. The number of fused-ring (bicyclic) bond motifs is 1. The lowest BCUT2D eigenvalue weighted by molar-refractivity contribution is 0.974. The first-order chi connectivity index (χ1) is 9.22. The van der Waals surface area contributed by atoms with E-state index in [0.717, 1.165) is 27.0 Å². The lowest BCUT2D eigenvalue weighted by Crippen LogP contribution is -2.01. The molecule has 96 valence electrons. The number of imidazole rings is 1. The zero-order valence-electron chi connectivity index (χ0n) is 10.4. The maximum Gasteiger partial charge on any atom is 0.129 e. The molecule has 0 atom stereocenters. The highest BCUT2D eigenvalue weighted by Gasteiger charge is 2.14. The Morgan fingerprint density at radius 2 is 1.95 bits per heavy atom. The SMILES string of the molecule is Cc1cccc(-n2c(CCl)nc3ccccc32)c1Br. The first-order valence-corrected chi connectivity index (χ1v) is 7.33. The minimum absolute atomic E-state index is 0.384. The molecule has 0 amide bonds. The quantitative estimate of drug-likeness (QED) is 0.613. The highest BCUT2D eigenvalue weighted by Crippen LogP contribution is 2.29. The number of halogens is 2. The smallest absolute Gasteiger partial charge is 0.129 e. The summed E-state index contributed by atoms with van der Waals surface area (Å²) in [6, 6.07) is 14.3. The van der Waals surface area contributed by atoms with Crippen LogP contribution in [0.4, 0.5) is 0 Å². The first kappa shape index (κ1) is 12.7. The number of aromatic nitrogens is 2. The van der Waals surface area contributed by atoms with Crippen molar-refractivity contribution in [2.24, 2.45) is 0 Å². The van der Waals surface area contributed by atoms with E-state index in [1.165, 1.54) is 5.56 Å². The zero-order chi connectivity index (χ0) is 13.4. The van der Waals surface area contributed by atoms with Gasteiger partial charge in [-0.3, -0.25) is 4.57 Å². The Morgan fingerprint density at radius 3 is 2.74 bits per heavy atom. The monoisotopic (exact) mass is 334 g/mol. The van der Waals surface area contributed by atoms with Gasteiger partial charge in [-0.05, 0) is 46.6 Å².